The first-order chi connectivity index (χ1) is 12.0. The Kier molecular flexibility index (Phi) is 5.56. The van der Waals surface area contributed by atoms with E-state index < -0.39 is 10.0 Å². The third-order valence-corrected chi connectivity index (χ3v) is 6.45. The van der Waals surface area contributed by atoms with E-state index in [0.717, 1.165) is 23.3 Å². The minimum Gasteiger partial charge on any atom is -0.348 e. The maximum Gasteiger partial charge on any atom is 0.278 e. The number of nitrogens with one attached hydrogen (secondary N) is 2. The average molecular weight is 364 g/mol. The molecule has 0 bridgehead atoms. The van der Waals surface area contributed by atoms with Crippen LogP contribution < -0.4 is 10.2 Å². The van der Waals surface area contributed by atoms with E-state index in [9.17, 15) is 13.2 Å². The van der Waals surface area contributed by atoms with Crippen LogP contribution in [0.15, 0.2) is 35.7 Å². The number of carbonyl (C=O) groups excluding carboxylic acids is 1. The van der Waals surface area contributed by atoms with Gasteiger partial charge in [-0.3, -0.25) is 4.79 Å². The molecule has 1 atom stereocenters. The van der Waals surface area contributed by atoms with Crippen molar-refractivity contribution in [1.29, 1.82) is 0 Å². The first-order valence-electron chi connectivity index (χ1n) is 8.84. The molecule has 2 aliphatic rings. The van der Waals surface area contributed by atoms with Crippen LogP contribution in [0.5, 0.6) is 0 Å². The summed E-state index contributed by atoms with van der Waals surface area (Å²) in [6.45, 7) is 4.11. The molecule has 2 N–H and O–H groups in total. The number of carbonyl (C=O) groups is 1. The molecule has 0 radical (unpaired) electrons. The maximum absolute atomic E-state index is 12.5. The lowest BCUT2D eigenvalue weighted by atomic mass is 10.2. The fraction of sp³-hybridized carbons (Fsp3) is 0.500. The van der Waals surface area contributed by atoms with Crippen molar-refractivity contribution in [2.24, 2.45) is 0 Å². The summed E-state index contributed by atoms with van der Waals surface area (Å²) in [5.74, 6) is 0.0813. The molecular weight excluding hydrogens is 338 g/mol. The van der Waals surface area contributed by atoms with Crippen LogP contribution in [0, 0.1) is 0 Å². The number of rotatable bonds is 6. The Morgan fingerprint density at radius 3 is 2.48 bits per heavy atom. The molecule has 1 heterocycles. The maximum atomic E-state index is 12.5. The van der Waals surface area contributed by atoms with Crippen LogP contribution in [-0.2, 0) is 14.8 Å². The second-order valence-electron chi connectivity index (χ2n) is 6.82. The molecule has 1 aromatic rings. The summed E-state index contributed by atoms with van der Waals surface area (Å²) in [7, 11) is -3.42. The molecule has 0 aromatic heterocycles. The zero-order valence-corrected chi connectivity index (χ0v) is 15.3. The summed E-state index contributed by atoms with van der Waals surface area (Å²) in [5, 5.41) is 4.30. The van der Waals surface area contributed by atoms with E-state index in [2.05, 4.69) is 5.32 Å². The Labute approximate surface area is 149 Å². The number of benzene rings is 1. The van der Waals surface area contributed by atoms with Gasteiger partial charge in [0.05, 0.1) is 26.2 Å². The molecule has 3 rings (SSSR count). The van der Waals surface area contributed by atoms with Crippen LogP contribution in [-0.4, -0.2) is 56.9 Å². The average Bonchev–Trinajstić information content (AvgIpc) is 3.44. The van der Waals surface area contributed by atoms with E-state index >= 15 is 0 Å². The van der Waals surface area contributed by atoms with Crippen molar-refractivity contribution in [2.45, 2.75) is 31.8 Å². The largest absolute Gasteiger partial charge is 0.348 e. The molecule has 0 unspecified atom stereocenters. The summed E-state index contributed by atoms with van der Waals surface area (Å²) < 4.78 is 26.4. The highest BCUT2D eigenvalue weighted by atomic mass is 32.2. The summed E-state index contributed by atoms with van der Waals surface area (Å²) in [6.07, 6.45) is 3.78. The van der Waals surface area contributed by atoms with Gasteiger partial charge in [-0.25, -0.2) is 8.42 Å². The minimum absolute atomic E-state index is 0.0813. The van der Waals surface area contributed by atoms with E-state index in [1.807, 2.05) is 37.3 Å². The topological polar surface area (TPSA) is 70.9 Å². The quantitative estimate of drug-likeness (QED) is 0.738. The Balaban J connectivity index is 1.53. The van der Waals surface area contributed by atoms with Crippen molar-refractivity contribution in [3.63, 3.8) is 0 Å². The first kappa shape index (κ1) is 18.1. The number of hydrogen-bond donors (Lipinski definition) is 2. The van der Waals surface area contributed by atoms with Crippen LogP contribution in [0.1, 0.15) is 25.3 Å². The van der Waals surface area contributed by atoms with Crippen molar-refractivity contribution in [3.05, 3.63) is 41.3 Å². The normalized spacial score (nSPS) is 21.3. The molecule has 0 spiro atoms. The third-order valence-electron chi connectivity index (χ3n) is 4.89. The van der Waals surface area contributed by atoms with Gasteiger partial charge in [0.15, 0.2) is 6.04 Å². The molecule has 1 saturated heterocycles. The highest BCUT2D eigenvalue weighted by Gasteiger charge is 2.34. The van der Waals surface area contributed by atoms with Gasteiger partial charge in [-0.2, -0.15) is 4.31 Å². The number of piperazine rings is 1. The van der Waals surface area contributed by atoms with Gasteiger partial charge in [0.2, 0.25) is 10.0 Å². The second-order valence-corrected chi connectivity index (χ2v) is 8.64. The summed E-state index contributed by atoms with van der Waals surface area (Å²) >= 11 is 0. The molecule has 25 heavy (non-hydrogen) atoms. The van der Waals surface area contributed by atoms with Gasteiger partial charge in [0.1, 0.15) is 0 Å². The van der Waals surface area contributed by atoms with Gasteiger partial charge in [0, 0.05) is 11.4 Å². The molecule has 1 aromatic carbocycles. The Bertz CT molecular complexity index is 721. The van der Waals surface area contributed by atoms with Crippen molar-refractivity contribution < 1.29 is 18.1 Å². The fourth-order valence-corrected chi connectivity index (χ4v) is 4.21. The van der Waals surface area contributed by atoms with Crippen LogP contribution >= 0.6 is 0 Å². The Hall–Kier alpha value is -1.70. The number of nitrogens with zero attached hydrogens (tertiary/aromatic N) is 1. The predicted octanol–water partition coefficient (Wildman–Crippen LogP) is -0.145. The van der Waals surface area contributed by atoms with E-state index in [4.69, 9.17) is 0 Å². The lowest BCUT2D eigenvalue weighted by Gasteiger charge is -2.33. The summed E-state index contributed by atoms with van der Waals surface area (Å²) in [4.78, 5) is 13.3. The lowest BCUT2D eigenvalue weighted by Crippen LogP contribution is -3.19. The standard InChI is InChI=1S/C18H25N3O3S/c1-15(18(22)19-17-7-8-17)20-10-12-21(13-11-20)25(23,24)14-9-16-5-3-2-4-6-16/h2-6,9,14-15,17H,7-8,10-13H2,1H3,(H,19,22)/p+1/b14-9+/t15-/m1/s1. The Morgan fingerprint density at radius 2 is 1.88 bits per heavy atom. The second kappa shape index (κ2) is 7.68. The minimum atomic E-state index is -3.42. The molecule has 136 valence electrons. The smallest absolute Gasteiger partial charge is 0.278 e. The zero-order chi connectivity index (χ0) is 17.9. The van der Waals surface area contributed by atoms with Crippen molar-refractivity contribution in [1.82, 2.24) is 9.62 Å². The van der Waals surface area contributed by atoms with Gasteiger partial charge >= 0.3 is 0 Å². The molecule has 1 amide bonds. The van der Waals surface area contributed by atoms with E-state index in [0.29, 0.717) is 32.2 Å². The fourth-order valence-electron chi connectivity index (χ4n) is 3.01. The van der Waals surface area contributed by atoms with Crippen molar-refractivity contribution >= 4 is 22.0 Å². The number of sulfonamides is 1. The van der Waals surface area contributed by atoms with Crippen molar-refractivity contribution in [2.75, 3.05) is 26.2 Å². The van der Waals surface area contributed by atoms with Gasteiger partial charge in [0.25, 0.3) is 5.91 Å². The van der Waals surface area contributed by atoms with Gasteiger partial charge in [-0.15, -0.1) is 0 Å². The predicted molar refractivity (Wildman–Crippen MR) is 97.3 cm³/mol. The van der Waals surface area contributed by atoms with Gasteiger partial charge in [-0.05, 0) is 31.4 Å². The number of hydrogen-bond acceptors (Lipinski definition) is 3. The molecule has 1 aliphatic heterocycles. The SMILES string of the molecule is C[C@H](C(=O)NC1CC1)[NH+]1CCN(S(=O)(=O)/C=C/c2ccccc2)CC1. The molecule has 2 fully saturated rings. The molecule has 7 heteroatoms. The Morgan fingerprint density at radius 1 is 1.24 bits per heavy atom. The molecule has 6 nitrogen and oxygen atoms in total. The zero-order valence-electron chi connectivity index (χ0n) is 14.5. The van der Waals surface area contributed by atoms with Crippen LogP contribution in [0.25, 0.3) is 6.08 Å². The van der Waals surface area contributed by atoms with Crippen LogP contribution in [0.4, 0.5) is 0 Å². The van der Waals surface area contributed by atoms with E-state index in [-0.39, 0.29) is 11.9 Å². The molecular formula is C18H26N3O3S+. The van der Waals surface area contributed by atoms with Crippen molar-refractivity contribution in [3.8, 4) is 0 Å². The monoisotopic (exact) mass is 364 g/mol. The van der Waals surface area contributed by atoms with Gasteiger partial charge < -0.3 is 10.2 Å². The summed E-state index contributed by atoms with van der Waals surface area (Å²) in [6, 6.07) is 9.62. The molecule has 1 aliphatic carbocycles. The number of quaternary nitrogens is 1. The lowest BCUT2D eigenvalue weighted by molar-refractivity contribution is -0.917. The van der Waals surface area contributed by atoms with Crippen LogP contribution in [0.3, 0.4) is 0 Å². The highest BCUT2D eigenvalue weighted by Crippen LogP contribution is 2.18. The third kappa shape index (κ3) is 4.90. The van der Waals surface area contributed by atoms with Crippen LogP contribution in [0.2, 0.25) is 0 Å². The van der Waals surface area contributed by atoms with E-state index in [1.54, 1.807) is 6.08 Å². The number of amides is 1. The van der Waals surface area contributed by atoms with E-state index in [1.165, 1.54) is 9.71 Å². The molecule has 1 saturated carbocycles. The highest BCUT2D eigenvalue weighted by molar-refractivity contribution is 7.92. The summed E-state index contributed by atoms with van der Waals surface area (Å²) in [5.41, 5.74) is 0.862. The first-order valence-corrected chi connectivity index (χ1v) is 10.3. The van der Waals surface area contributed by atoms with Gasteiger partial charge in [-0.1, -0.05) is 30.3 Å².